The summed E-state index contributed by atoms with van der Waals surface area (Å²) in [7, 11) is 0. The summed E-state index contributed by atoms with van der Waals surface area (Å²) in [6, 6.07) is 0. The van der Waals surface area contributed by atoms with Crippen molar-refractivity contribution in [2.24, 2.45) is 0 Å². The molecule has 0 N–H and O–H groups in total. The Kier molecular flexibility index (Phi) is 42.4. The molecule has 0 fully saturated rings. The smallest absolute Gasteiger partial charge is 0.306 e. The van der Waals surface area contributed by atoms with Crippen LogP contribution in [0.2, 0.25) is 0 Å². The third kappa shape index (κ3) is 42.6. The fourth-order valence-electron chi connectivity index (χ4n) is 6.58. The van der Waals surface area contributed by atoms with Gasteiger partial charge in [0, 0.05) is 19.3 Å². The van der Waals surface area contributed by atoms with Crippen molar-refractivity contribution >= 4 is 17.9 Å². The zero-order valence-corrected chi connectivity index (χ0v) is 36.4. The van der Waals surface area contributed by atoms with E-state index in [4.69, 9.17) is 14.2 Å². The molecule has 0 saturated heterocycles. The van der Waals surface area contributed by atoms with E-state index in [1.807, 2.05) is 0 Å². The van der Waals surface area contributed by atoms with Crippen molar-refractivity contribution in [1.29, 1.82) is 0 Å². The van der Waals surface area contributed by atoms with Gasteiger partial charge in [-0.1, -0.05) is 192 Å². The van der Waals surface area contributed by atoms with Crippen molar-refractivity contribution in [2.75, 3.05) is 13.2 Å². The van der Waals surface area contributed by atoms with Crippen LogP contribution in [0.15, 0.2) is 36.5 Å². The summed E-state index contributed by atoms with van der Waals surface area (Å²) in [6.07, 6.45) is 49.8. The van der Waals surface area contributed by atoms with E-state index in [0.717, 1.165) is 96.3 Å². The maximum atomic E-state index is 12.7. The molecule has 0 aliphatic carbocycles. The molecule has 0 heterocycles. The van der Waals surface area contributed by atoms with Gasteiger partial charge >= 0.3 is 17.9 Å². The van der Waals surface area contributed by atoms with Gasteiger partial charge < -0.3 is 14.2 Å². The van der Waals surface area contributed by atoms with Crippen molar-refractivity contribution < 1.29 is 28.6 Å². The number of hydrogen-bond donors (Lipinski definition) is 0. The molecule has 0 amide bonds. The van der Waals surface area contributed by atoms with Gasteiger partial charge in [0.15, 0.2) is 6.10 Å². The van der Waals surface area contributed by atoms with Crippen molar-refractivity contribution in [3.8, 4) is 0 Å². The summed E-state index contributed by atoms with van der Waals surface area (Å²) >= 11 is 0. The first-order valence-electron chi connectivity index (χ1n) is 23.5. The average molecular weight is 773 g/mol. The number of rotatable bonds is 42. The third-order valence-corrected chi connectivity index (χ3v) is 10.1. The molecule has 0 bridgehead atoms. The minimum absolute atomic E-state index is 0.0778. The highest BCUT2D eigenvalue weighted by Crippen LogP contribution is 2.15. The standard InChI is InChI=1S/C49H88O6/c1-4-7-10-13-16-19-22-24-26-27-30-33-36-39-42-48(51)54-45-46(44-53-47(50)41-38-35-32-29-21-18-15-12-9-6-3)55-49(52)43-40-37-34-31-28-25-23-20-17-14-11-8-5-2/h7,10,15-16,18-19,46H,4-6,8-9,11-14,17,20-45H2,1-3H3/b10-7-,18-15-,19-16-. The normalized spacial score (nSPS) is 12.3. The van der Waals surface area contributed by atoms with Crippen LogP contribution in [0.5, 0.6) is 0 Å². The molecule has 0 aromatic rings. The Hall–Kier alpha value is -2.37. The van der Waals surface area contributed by atoms with Crippen LogP contribution >= 0.6 is 0 Å². The zero-order chi connectivity index (χ0) is 40.1. The van der Waals surface area contributed by atoms with Crippen LogP contribution in [0.25, 0.3) is 0 Å². The van der Waals surface area contributed by atoms with Gasteiger partial charge in [-0.05, 0) is 64.2 Å². The Labute approximate surface area is 340 Å². The molecule has 0 aromatic carbocycles. The summed E-state index contributed by atoms with van der Waals surface area (Å²) in [5.41, 5.74) is 0. The van der Waals surface area contributed by atoms with E-state index in [9.17, 15) is 14.4 Å². The molecule has 6 nitrogen and oxygen atoms in total. The third-order valence-electron chi connectivity index (χ3n) is 10.1. The van der Waals surface area contributed by atoms with E-state index in [-0.39, 0.29) is 31.1 Å². The molecule has 0 spiro atoms. The van der Waals surface area contributed by atoms with Gasteiger partial charge in [-0.2, -0.15) is 0 Å². The molecule has 1 atom stereocenters. The maximum absolute atomic E-state index is 12.7. The van der Waals surface area contributed by atoms with E-state index in [1.165, 1.54) is 103 Å². The van der Waals surface area contributed by atoms with Crippen molar-refractivity contribution in [1.82, 2.24) is 0 Å². The highest BCUT2D eigenvalue weighted by molar-refractivity contribution is 5.71. The fourth-order valence-corrected chi connectivity index (χ4v) is 6.58. The van der Waals surface area contributed by atoms with Crippen LogP contribution in [0, 0.1) is 0 Å². The minimum atomic E-state index is -0.774. The molecular formula is C49H88O6. The van der Waals surface area contributed by atoms with Crippen LogP contribution in [0.1, 0.15) is 239 Å². The first-order valence-corrected chi connectivity index (χ1v) is 23.5. The van der Waals surface area contributed by atoms with Crippen LogP contribution in [0.3, 0.4) is 0 Å². The number of hydrogen-bond acceptors (Lipinski definition) is 6. The number of esters is 3. The summed E-state index contributed by atoms with van der Waals surface area (Å²) in [5.74, 6) is -0.895. The average Bonchev–Trinajstić information content (AvgIpc) is 3.18. The quantitative estimate of drug-likeness (QED) is 0.0266. The lowest BCUT2D eigenvalue weighted by atomic mass is 10.0. The molecule has 55 heavy (non-hydrogen) atoms. The number of allylic oxidation sites excluding steroid dienone is 6. The lowest BCUT2D eigenvalue weighted by Gasteiger charge is -2.18. The van der Waals surface area contributed by atoms with Crippen molar-refractivity contribution in [3.63, 3.8) is 0 Å². The SMILES string of the molecule is CC/C=C\C/C=C\CCCCCCCCCC(=O)OCC(COC(=O)CCCCCC/C=C\CCCC)OC(=O)CCCCCCCCCCCCCCC. The van der Waals surface area contributed by atoms with Gasteiger partial charge in [0.1, 0.15) is 13.2 Å². The number of carbonyl (C=O) groups is 3. The van der Waals surface area contributed by atoms with Crippen LogP contribution in [-0.2, 0) is 28.6 Å². The largest absolute Gasteiger partial charge is 0.462 e. The lowest BCUT2D eigenvalue weighted by molar-refractivity contribution is -0.167. The maximum Gasteiger partial charge on any atom is 0.306 e. The van der Waals surface area contributed by atoms with Crippen LogP contribution in [-0.4, -0.2) is 37.2 Å². The highest BCUT2D eigenvalue weighted by atomic mass is 16.6. The highest BCUT2D eigenvalue weighted by Gasteiger charge is 2.19. The van der Waals surface area contributed by atoms with Gasteiger partial charge in [-0.15, -0.1) is 0 Å². The van der Waals surface area contributed by atoms with E-state index >= 15 is 0 Å². The Balaban J connectivity index is 4.36. The fraction of sp³-hybridized carbons (Fsp3) is 0.816. The molecule has 0 saturated carbocycles. The van der Waals surface area contributed by atoms with E-state index in [2.05, 4.69) is 57.2 Å². The van der Waals surface area contributed by atoms with Gasteiger partial charge in [0.05, 0.1) is 0 Å². The van der Waals surface area contributed by atoms with Gasteiger partial charge in [-0.25, -0.2) is 0 Å². The summed E-state index contributed by atoms with van der Waals surface area (Å²) in [4.78, 5) is 37.7. The molecule has 0 radical (unpaired) electrons. The number of carbonyl (C=O) groups excluding carboxylic acids is 3. The minimum Gasteiger partial charge on any atom is -0.462 e. The molecule has 1 unspecified atom stereocenters. The van der Waals surface area contributed by atoms with Crippen molar-refractivity contribution in [3.05, 3.63) is 36.5 Å². The Morgan fingerprint density at radius 2 is 0.727 bits per heavy atom. The second-order valence-electron chi connectivity index (χ2n) is 15.6. The molecular weight excluding hydrogens is 685 g/mol. The molecule has 0 aliphatic rings. The molecule has 0 rings (SSSR count). The summed E-state index contributed by atoms with van der Waals surface area (Å²) < 4.78 is 16.7. The molecule has 6 heteroatoms. The second kappa shape index (κ2) is 44.3. The molecule has 0 aliphatic heterocycles. The monoisotopic (exact) mass is 773 g/mol. The van der Waals surface area contributed by atoms with E-state index in [1.54, 1.807) is 0 Å². The molecule has 0 aromatic heterocycles. The summed E-state index contributed by atoms with van der Waals surface area (Å²) in [6.45, 7) is 6.47. The Morgan fingerprint density at radius 1 is 0.382 bits per heavy atom. The predicted octanol–water partition coefficient (Wildman–Crippen LogP) is 15.0. The van der Waals surface area contributed by atoms with Crippen molar-refractivity contribution in [2.45, 2.75) is 245 Å². The van der Waals surface area contributed by atoms with Crippen LogP contribution < -0.4 is 0 Å². The summed E-state index contributed by atoms with van der Waals surface area (Å²) in [5, 5.41) is 0. The topological polar surface area (TPSA) is 78.9 Å². The first-order chi connectivity index (χ1) is 27.0. The van der Waals surface area contributed by atoms with Gasteiger partial charge in [0.25, 0.3) is 0 Å². The second-order valence-corrected chi connectivity index (χ2v) is 15.6. The van der Waals surface area contributed by atoms with Gasteiger partial charge in [-0.3, -0.25) is 14.4 Å². The number of unbranched alkanes of at least 4 members (excludes halogenated alkanes) is 25. The van der Waals surface area contributed by atoms with E-state index in [0.29, 0.717) is 19.3 Å². The van der Waals surface area contributed by atoms with Gasteiger partial charge in [0.2, 0.25) is 0 Å². The lowest BCUT2D eigenvalue weighted by Crippen LogP contribution is -2.30. The van der Waals surface area contributed by atoms with Crippen LogP contribution in [0.4, 0.5) is 0 Å². The van der Waals surface area contributed by atoms with E-state index < -0.39 is 6.10 Å². The number of ether oxygens (including phenoxy) is 3. The predicted molar refractivity (Wildman–Crippen MR) is 233 cm³/mol. The Bertz CT molecular complexity index is 938. The first kappa shape index (κ1) is 52.6. The molecule has 320 valence electrons. The Morgan fingerprint density at radius 3 is 1.16 bits per heavy atom. The zero-order valence-electron chi connectivity index (χ0n) is 36.4.